The van der Waals surface area contributed by atoms with E-state index < -0.39 is 13.8 Å². The molecule has 0 unspecified atom stereocenters. The molecule has 0 bridgehead atoms. The van der Waals surface area contributed by atoms with Gasteiger partial charge in [0.1, 0.15) is 7.82 Å². The largest absolute Gasteiger partial charge is 1.00 e. The van der Waals surface area contributed by atoms with Crippen LogP contribution in [-0.2, 0) is 13.9 Å². The molecule has 0 aliphatic carbocycles. The third-order valence-corrected chi connectivity index (χ3v) is 0.721. The van der Waals surface area contributed by atoms with Gasteiger partial charge in [-0.05, 0) is 0 Å². The smallest absolute Gasteiger partial charge is 0.780 e. The molecule has 0 saturated carbocycles. The van der Waals surface area contributed by atoms with E-state index in [0.29, 0.717) is 0 Å². The van der Waals surface area contributed by atoms with Crippen molar-refractivity contribution in [2.45, 2.75) is 6.92 Å². The minimum absolute atomic E-state index is 0. The van der Waals surface area contributed by atoms with E-state index in [1.54, 1.807) is 0 Å². The zero-order chi connectivity index (χ0) is 6.78. The molecule has 0 radical (unpaired) electrons. The fourth-order valence-electron chi connectivity index (χ4n) is 0.157. The van der Waals surface area contributed by atoms with Crippen molar-refractivity contribution >= 4 is 13.8 Å². The summed E-state index contributed by atoms with van der Waals surface area (Å²) < 4.78 is 12.7. The van der Waals surface area contributed by atoms with E-state index in [-0.39, 0.29) is 18.9 Å². The van der Waals surface area contributed by atoms with Crippen molar-refractivity contribution in [3.8, 4) is 0 Å². The van der Waals surface area contributed by atoms with Gasteiger partial charge in [-0.1, -0.05) is 0 Å². The predicted molar refractivity (Wildman–Crippen MR) is 19.4 cm³/mol. The monoisotopic (exact) mass is 145 g/mol. The van der Waals surface area contributed by atoms with Gasteiger partial charge in [0.25, 0.3) is 0 Å². The minimum atomic E-state index is -5.07. The van der Waals surface area contributed by atoms with E-state index in [2.05, 4.69) is 4.52 Å². The first-order chi connectivity index (χ1) is 3.42. The van der Waals surface area contributed by atoms with Crippen molar-refractivity contribution in [1.82, 2.24) is 0 Å². The molecule has 0 aromatic rings. The van der Waals surface area contributed by atoms with E-state index in [9.17, 15) is 19.1 Å². The molecule has 0 heterocycles. The molecule has 0 aromatic carbocycles. The van der Waals surface area contributed by atoms with E-state index in [0.717, 1.165) is 6.92 Å². The van der Waals surface area contributed by atoms with Crippen LogP contribution in [0.1, 0.15) is 6.92 Å². The van der Waals surface area contributed by atoms with E-state index >= 15 is 0 Å². The molecule has 0 saturated heterocycles. The average Bonchev–Trinajstić information content (AvgIpc) is 1.21. The SMILES string of the molecule is CC(=O)OP(=O)([O-])[O-].[Li+]. The molecule has 5 nitrogen and oxygen atoms in total. The van der Waals surface area contributed by atoms with Gasteiger partial charge < -0.3 is 18.9 Å². The summed E-state index contributed by atoms with van der Waals surface area (Å²) in [7, 11) is -5.07. The molecule has 0 N–H and O–H groups in total. The van der Waals surface area contributed by atoms with E-state index in [4.69, 9.17) is 0 Å². The number of carbonyl (C=O) groups excluding carboxylic acids is 1. The van der Waals surface area contributed by atoms with Crippen molar-refractivity contribution in [2.24, 2.45) is 0 Å². The van der Waals surface area contributed by atoms with Crippen LogP contribution in [-0.4, -0.2) is 5.97 Å². The molecule has 48 valence electrons. The Labute approximate surface area is 63.8 Å². The van der Waals surface area contributed by atoms with Crippen LogP contribution in [0.15, 0.2) is 0 Å². The van der Waals surface area contributed by atoms with Crippen LogP contribution < -0.4 is 28.6 Å². The molecule has 0 aromatic heterocycles. The maximum Gasteiger partial charge on any atom is 1.00 e. The van der Waals surface area contributed by atoms with Crippen LogP contribution in [0.2, 0.25) is 0 Å². The van der Waals surface area contributed by atoms with Crippen LogP contribution in [0.25, 0.3) is 0 Å². The summed E-state index contributed by atoms with van der Waals surface area (Å²) in [5.74, 6) is -1.11. The number of hydrogen-bond donors (Lipinski definition) is 0. The summed E-state index contributed by atoms with van der Waals surface area (Å²) in [6.07, 6.45) is 0. The zero-order valence-corrected chi connectivity index (χ0v) is 5.88. The fraction of sp³-hybridized carbons (Fsp3) is 0.500. The average molecular weight is 145 g/mol. The van der Waals surface area contributed by atoms with E-state index in [1.807, 2.05) is 0 Å². The van der Waals surface area contributed by atoms with Gasteiger partial charge in [-0.25, -0.2) is 0 Å². The summed E-state index contributed by atoms with van der Waals surface area (Å²) >= 11 is 0. The standard InChI is InChI=1S/C2H5O5P.Li/c1-2(3)7-8(4,5)6;/h1H3,(H2,4,5,6);/q;+1/p-2. The molecular weight excluding hydrogens is 142 g/mol. The molecular formula is C2H3LiO5P-. The summed E-state index contributed by atoms with van der Waals surface area (Å²) in [6, 6.07) is 0. The third-order valence-electron chi connectivity index (χ3n) is 0.240. The Morgan fingerprint density at radius 3 is 1.89 bits per heavy atom. The van der Waals surface area contributed by atoms with E-state index in [1.165, 1.54) is 0 Å². The molecule has 0 atom stereocenters. The molecule has 0 aliphatic rings. The molecule has 0 rings (SSSR count). The molecule has 0 spiro atoms. The topological polar surface area (TPSA) is 89.5 Å². The van der Waals surface area contributed by atoms with Gasteiger partial charge >= 0.3 is 24.8 Å². The van der Waals surface area contributed by atoms with Crippen molar-refractivity contribution in [2.75, 3.05) is 0 Å². The summed E-state index contributed by atoms with van der Waals surface area (Å²) in [5, 5.41) is 0. The van der Waals surface area contributed by atoms with Crippen LogP contribution >= 0.6 is 7.82 Å². The number of phosphoric acid groups is 1. The summed E-state index contributed by atoms with van der Waals surface area (Å²) in [6.45, 7) is 0.836. The van der Waals surface area contributed by atoms with Crippen molar-refractivity contribution in [1.29, 1.82) is 0 Å². The first kappa shape index (κ1) is 11.9. The minimum Gasteiger partial charge on any atom is -0.780 e. The summed E-state index contributed by atoms with van der Waals surface area (Å²) in [4.78, 5) is 28.6. The van der Waals surface area contributed by atoms with Crippen molar-refractivity contribution in [3.05, 3.63) is 0 Å². The molecule has 7 heteroatoms. The maximum atomic E-state index is 9.66. The third kappa shape index (κ3) is 11.7. The van der Waals surface area contributed by atoms with Crippen molar-refractivity contribution in [3.63, 3.8) is 0 Å². The van der Waals surface area contributed by atoms with Gasteiger partial charge in [0, 0.05) is 6.92 Å². The predicted octanol–water partition coefficient (Wildman–Crippen LogP) is -4.62. The molecule has 0 fully saturated rings. The Bertz CT molecular complexity index is 138. The van der Waals surface area contributed by atoms with Crippen LogP contribution in [0, 0.1) is 0 Å². The molecule has 9 heavy (non-hydrogen) atoms. The Hall–Kier alpha value is 0.217. The van der Waals surface area contributed by atoms with Gasteiger partial charge in [0.15, 0.2) is 0 Å². The van der Waals surface area contributed by atoms with Crippen molar-refractivity contribution < 1.29 is 42.5 Å². The van der Waals surface area contributed by atoms with Crippen LogP contribution in [0.3, 0.4) is 0 Å². The first-order valence-electron chi connectivity index (χ1n) is 1.64. The van der Waals surface area contributed by atoms with Crippen LogP contribution in [0.5, 0.6) is 0 Å². The Kier molecular flexibility index (Phi) is 5.44. The molecule has 0 amide bonds. The number of carbonyl (C=O) groups is 1. The van der Waals surface area contributed by atoms with Gasteiger partial charge in [0.05, 0.1) is 0 Å². The number of hydrogen-bond acceptors (Lipinski definition) is 5. The second kappa shape index (κ2) is 4.10. The van der Waals surface area contributed by atoms with Gasteiger partial charge in [-0.2, -0.15) is 0 Å². The van der Waals surface area contributed by atoms with Gasteiger partial charge in [0.2, 0.25) is 0 Å². The second-order valence-corrected chi connectivity index (χ2v) is 2.11. The Balaban J connectivity index is 0. The second-order valence-electron chi connectivity index (χ2n) is 1.03. The number of phosphoric ester groups is 1. The molecule has 0 aliphatic heterocycles. The zero-order valence-electron chi connectivity index (χ0n) is 4.99. The normalized spacial score (nSPS) is 9.67. The maximum absolute atomic E-state index is 9.66. The van der Waals surface area contributed by atoms with Gasteiger partial charge in [-0.3, -0.25) is 4.79 Å². The quantitative estimate of drug-likeness (QED) is 0.273. The summed E-state index contributed by atoms with van der Waals surface area (Å²) in [5.41, 5.74) is 0. The van der Waals surface area contributed by atoms with Gasteiger partial charge in [-0.15, -0.1) is 0 Å². The van der Waals surface area contributed by atoms with Crippen LogP contribution in [0.4, 0.5) is 0 Å². The first-order valence-corrected chi connectivity index (χ1v) is 3.10. The Morgan fingerprint density at radius 1 is 1.56 bits per heavy atom. The number of rotatable bonds is 1. The fourth-order valence-corrected chi connectivity index (χ4v) is 0.472. The Morgan fingerprint density at radius 2 is 1.89 bits per heavy atom.